The Hall–Kier alpha value is -2.08. The van der Waals surface area contributed by atoms with E-state index < -0.39 is 0 Å². The molecule has 0 aliphatic carbocycles. The van der Waals surface area contributed by atoms with E-state index in [2.05, 4.69) is 4.98 Å². The van der Waals surface area contributed by atoms with Crippen molar-refractivity contribution in [3.8, 4) is 11.5 Å². The molecule has 1 aromatic carbocycles. The van der Waals surface area contributed by atoms with Crippen molar-refractivity contribution in [2.75, 3.05) is 19.1 Å². The SMILES string of the molecule is COc1ccc(C(=O)N(C)c2nccs2)c(OC(C)C)c1. The van der Waals surface area contributed by atoms with Crippen LogP contribution in [0.1, 0.15) is 24.2 Å². The molecule has 0 aliphatic rings. The Morgan fingerprint density at radius 2 is 2.14 bits per heavy atom. The van der Waals surface area contributed by atoms with Gasteiger partial charge in [-0.25, -0.2) is 4.98 Å². The first-order valence-corrected chi connectivity index (χ1v) is 7.43. The quantitative estimate of drug-likeness (QED) is 0.851. The van der Waals surface area contributed by atoms with Crippen LogP contribution >= 0.6 is 11.3 Å². The number of amides is 1. The van der Waals surface area contributed by atoms with Crippen LogP contribution in [-0.2, 0) is 0 Å². The summed E-state index contributed by atoms with van der Waals surface area (Å²) in [6, 6.07) is 5.18. The van der Waals surface area contributed by atoms with Crippen molar-refractivity contribution in [1.82, 2.24) is 4.98 Å². The fraction of sp³-hybridized carbons (Fsp3) is 0.333. The first-order valence-electron chi connectivity index (χ1n) is 6.55. The summed E-state index contributed by atoms with van der Waals surface area (Å²) in [5.74, 6) is 1.00. The van der Waals surface area contributed by atoms with Crippen LogP contribution in [0, 0.1) is 0 Å². The Bertz CT molecular complexity index is 611. The summed E-state index contributed by atoms with van der Waals surface area (Å²) in [5.41, 5.74) is 0.488. The highest BCUT2D eigenvalue weighted by Gasteiger charge is 2.20. The molecule has 0 fully saturated rings. The van der Waals surface area contributed by atoms with E-state index in [0.717, 1.165) is 0 Å². The van der Waals surface area contributed by atoms with Crippen molar-refractivity contribution in [2.24, 2.45) is 0 Å². The van der Waals surface area contributed by atoms with Crippen molar-refractivity contribution in [1.29, 1.82) is 0 Å². The largest absolute Gasteiger partial charge is 0.497 e. The molecule has 1 heterocycles. The molecule has 0 saturated carbocycles. The van der Waals surface area contributed by atoms with Crippen LogP contribution < -0.4 is 14.4 Å². The van der Waals surface area contributed by atoms with Gasteiger partial charge in [-0.3, -0.25) is 9.69 Å². The lowest BCUT2D eigenvalue weighted by atomic mass is 10.1. The highest BCUT2D eigenvalue weighted by Crippen LogP contribution is 2.28. The molecule has 0 atom stereocenters. The van der Waals surface area contributed by atoms with Crippen LogP contribution in [0.25, 0.3) is 0 Å². The number of hydrogen-bond acceptors (Lipinski definition) is 5. The molecular weight excluding hydrogens is 288 g/mol. The minimum Gasteiger partial charge on any atom is -0.497 e. The molecule has 0 N–H and O–H groups in total. The molecule has 1 amide bonds. The Kier molecular flexibility index (Phi) is 4.80. The van der Waals surface area contributed by atoms with Crippen molar-refractivity contribution in [3.05, 3.63) is 35.3 Å². The zero-order valence-corrected chi connectivity index (χ0v) is 13.3. The average Bonchev–Trinajstić information content (AvgIpc) is 2.99. The number of hydrogen-bond donors (Lipinski definition) is 0. The van der Waals surface area contributed by atoms with Crippen LogP contribution in [0.4, 0.5) is 5.13 Å². The van der Waals surface area contributed by atoms with Gasteiger partial charge < -0.3 is 9.47 Å². The smallest absolute Gasteiger partial charge is 0.263 e. The number of aromatic nitrogens is 1. The molecule has 0 saturated heterocycles. The molecule has 0 aliphatic heterocycles. The average molecular weight is 306 g/mol. The summed E-state index contributed by atoms with van der Waals surface area (Å²) >= 11 is 1.41. The normalized spacial score (nSPS) is 10.5. The third-order valence-corrected chi connectivity index (χ3v) is 3.64. The maximum Gasteiger partial charge on any atom is 0.263 e. The number of anilines is 1. The van der Waals surface area contributed by atoms with Crippen LogP contribution in [0.3, 0.4) is 0 Å². The van der Waals surface area contributed by atoms with Gasteiger partial charge in [0, 0.05) is 24.7 Å². The zero-order chi connectivity index (χ0) is 15.4. The van der Waals surface area contributed by atoms with Crippen molar-refractivity contribution >= 4 is 22.4 Å². The molecule has 2 rings (SSSR count). The second kappa shape index (κ2) is 6.58. The zero-order valence-electron chi connectivity index (χ0n) is 12.5. The molecular formula is C15H18N2O3S. The summed E-state index contributed by atoms with van der Waals surface area (Å²) in [6.07, 6.45) is 1.64. The summed E-state index contributed by atoms with van der Waals surface area (Å²) in [4.78, 5) is 18.3. The fourth-order valence-electron chi connectivity index (χ4n) is 1.81. The van der Waals surface area contributed by atoms with E-state index in [0.29, 0.717) is 22.2 Å². The van der Waals surface area contributed by atoms with Crippen LogP contribution in [-0.4, -0.2) is 31.2 Å². The van der Waals surface area contributed by atoms with Gasteiger partial charge in [0.05, 0.1) is 18.8 Å². The van der Waals surface area contributed by atoms with Crippen molar-refractivity contribution < 1.29 is 14.3 Å². The molecule has 0 bridgehead atoms. The van der Waals surface area contributed by atoms with Gasteiger partial charge in [-0.1, -0.05) is 0 Å². The Morgan fingerprint density at radius 3 is 2.71 bits per heavy atom. The van der Waals surface area contributed by atoms with E-state index >= 15 is 0 Å². The van der Waals surface area contributed by atoms with E-state index in [1.165, 1.54) is 16.2 Å². The van der Waals surface area contributed by atoms with Gasteiger partial charge >= 0.3 is 0 Å². The van der Waals surface area contributed by atoms with E-state index in [-0.39, 0.29) is 12.0 Å². The predicted octanol–water partition coefficient (Wildman–Crippen LogP) is 3.22. The molecule has 0 radical (unpaired) electrons. The summed E-state index contributed by atoms with van der Waals surface area (Å²) in [7, 11) is 3.28. The molecule has 1 aromatic heterocycles. The summed E-state index contributed by atoms with van der Waals surface area (Å²) in [5, 5.41) is 2.48. The first-order chi connectivity index (χ1) is 10.0. The van der Waals surface area contributed by atoms with Gasteiger partial charge in [-0.15, -0.1) is 11.3 Å². The van der Waals surface area contributed by atoms with E-state index in [4.69, 9.17) is 9.47 Å². The fourth-order valence-corrected chi connectivity index (χ4v) is 2.41. The van der Waals surface area contributed by atoms with Crippen molar-refractivity contribution in [2.45, 2.75) is 20.0 Å². The second-order valence-corrected chi connectivity index (χ2v) is 5.58. The minimum absolute atomic E-state index is 0.0335. The van der Waals surface area contributed by atoms with Gasteiger partial charge in [0.1, 0.15) is 11.5 Å². The molecule has 0 unspecified atom stereocenters. The number of benzene rings is 1. The third-order valence-electron chi connectivity index (χ3n) is 2.79. The number of thiazole rings is 1. The highest BCUT2D eigenvalue weighted by atomic mass is 32.1. The molecule has 5 nitrogen and oxygen atoms in total. The second-order valence-electron chi connectivity index (χ2n) is 4.71. The molecule has 112 valence electrons. The van der Waals surface area contributed by atoms with E-state index in [9.17, 15) is 4.79 Å². The van der Waals surface area contributed by atoms with Gasteiger partial charge in [-0.2, -0.15) is 0 Å². The molecule has 21 heavy (non-hydrogen) atoms. The number of nitrogens with zero attached hydrogens (tertiary/aromatic N) is 2. The summed E-state index contributed by atoms with van der Waals surface area (Å²) in [6.45, 7) is 3.83. The maximum atomic E-state index is 12.6. The Labute approximate surface area is 128 Å². The summed E-state index contributed by atoms with van der Waals surface area (Å²) < 4.78 is 10.9. The topological polar surface area (TPSA) is 51.7 Å². The monoisotopic (exact) mass is 306 g/mol. The lowest BCUT2D eigenvalue weighted by Crippen LogP contribution is -2.27. The van der Waals surface area contributed by atoms with Crippen LogP contribution in [0.15, 0.2) is 29.8 Å². The van der Waals surface area contributed by atoms with Gasteiger partial charge in [0.25, 0.3) is 5.91 Å². The number of rotatable bonds is 5. The van der Waals surface area contributed by atoms with Gasteiger partial charge in [0.15, 0.2) is 5.13 Å². The van der Waals surface area contributed by atoms with Gasteiger partial charge in [0.2, 0.25) is 0 Å². The van der Waals surface area contributed by atoms with Crippen LogP contribution in [0.2, 0.25) is 0 Å². The van der Waals surface area contributed by atoms with Crippen LogP contribution in [0.5, 0.6) is 11.5 Å². The predicted molar refractivity (Wildman–Crippen MR) is 83.6 cm³/mol. The minimum atomic E-state index is -0.164. The molecule has 6 heteroatoms. The first kappa shape index (κ1) is 15.3. The Morgan fingerprint density at radius 1 is 1.38 bits per heavy atom. The maximum absolute atomic E-state index is 12.6. The number of ether oxygens (including phenoxy) is 2. The lowest BCUT2D eigenvalue weighted by Gasteiger charge is -2.18. The third kappa shape index (κ3) is 3.52. The van der Waals surface area contributed by atoms with E-state index in [1.807, 2.05) is 19.2 Å². The van der Waals surface area contributed by atoms with E-state index in [1.54, 1.807) is 38.6 Å². The number of carbonyl (C=O) groups is 1. The highest BCUT2D eigenvalue weighted by molar-refractivity contribution is 7.13. The van der Waals surface area contributed by atoms with Crippen molar-refractivity contribution in [3.63, 3.8) is 0 Å². The lowest BCUT2D eigenvalue weighted by molar-refractivity contribution is 0.0987. The number of carbonyl (C=O) groups excluding carboxylic acids is 1. The Balaban J connectivity index is 2.35. The van der Waals surface area contributed by atoms with Gasteiger partial charge in [-0.05, 0) is 26.0 Å². The molecule has 0 spiro atoms. The standard InChI is InChI=1S/C15H18N2O3S/c1-10(2)20-13-9-11(19-4)5-6-12(13)14(18)17(3)15-16-7-8-21-15/h5-10H,1-4H3. The molecule has 2 aromatic rings. The number of methoxy groups -OCH3 is 1.